The summed E-state index contributed by atoms with van der Waals surface area (Å²) < 4.78 is 19.2. The van der Waals surface area contributed by atoms with Crippen LogP contribution in [-0.4, -0.2) is 65.1 Å². The number of aromatic nitrogens is 1. The quantitative estimate of drug-likeness (QED) is 0.440. The lowest BCUT2D eigenvalue weighted by atomic mass is 10.1. The number of benzene rings is 2. The van der Waals surface area contributed by atoms with Gasteiger partial charge in [0, 0.05) is 50.5 Å². The molecule has 1 atom stereocenters. The maximum absolute atomic E-state index is 13.6. The molecule has 38 heavy (non-hydrogen) atoms. The van der Waals surface area contributed by atoms with E-state index in [1.54, 1.807) is 47.2 Å². The fraction of sp³-hybridized carbons (Fsp3) is 0.367. The van der Waals surface area contributed by atoms with Gasteiger partial charge in [-0.15, -0.1) is 0 Å². The second-order valence-electron chi connectivity index (χ2n) is 10.7. The van der Waals surface area contributed by atoms with Gasteiger partial charge in [-0.05, 0) is 69.7 Å². The molecule has 2 aromatic carbocycles. The van der Waals surface area contributed by atoms with Gasteiger partial charge < -0.3 is 14.5 Å². The number of anilines is 1. The summed E-state index contributed by atoms with van der Waals surface area (Å²) in [5, 5.41) is 0. The van der Waals surface area contributed by atoms with E-state index in [2.05, 4.69) is 9.88 Å². The molecule has 0 radical (unpaired) electrons. The van der Waals surface area contributed by atoms with E-state index < -0.39 is 5.60 Å². The zero-order valence-electron chi connectivity index (χ0n) is 22.6. The first-order valence-electron chi connectivity index (χ1n) is 12.8. The summed E-state index contributed by atoms with van der Waals surface area (Å²) >= 11 is 0. The molecule has 200 valence electrons. The number of pyridine rings is 1. The van der Waals surface area contributed by atoms with Crippen molar-refractivity contribution in [3.05, 3.63) is 83.8 Å². The third-order valence-electron chi connectivity index (χ3n) is 6.46. The Morgan fingerprint density at radius 1 is 1.05 bits per heavy atom. The summed E-state index contributed by atoms with van der Waals surface area (Å²) in [5.74, 6) is -0.597. The van der Waals surface area contributed by atoms with Gasteiger partial charge in [0.1, 0.15) is 17.1 Å². The molecule has 0 unspecified atom stereocenters. The molecule has 7 nitrogen and oxygen atoms in total. The second kappa shape index (κ2) is 11.3. The monoisotopic (exact) mass is 518 g/mol. The van der Waals surface area contributed by atoms with Crippen molar-refractivity contribution in [2.75, 3.05) is 31.6 Å². The molecule has 1 aromatic heterocycles. The van der Waals surface area contributed by atoms with Crippen LogP contribution in [0.15, 0.2) is 66.7 Å². The van der Waals surface area contributed by atoms with Gasteiger partial charge in [-0.1, -0.05) is 30.3 Å². The molecule has 8 heteroatoms. The van der Waals surface area contributed by atoms with Crippen molar-refractivity contribution in [3.8, 4) is 11.3 Å². The summed E-state index contributed by atoms with van der Waals surface area (Å²) in [6.45, 7) is 10.6. The molecule has 0 N–H and O–H groups in total. The third kappa shape index (κ3) is 6.75. The average Bonchev–Trinajstić information content (AvgIpc) is 2.87. The lowest BCUT2D eigenvalue weighted by Gasteiger charge is -2.40. The maximum atomic E-state index is 13.6. The fourth-order valence-corrected chi connectivity index (χ4v) is 4.50. The van der Waals surface area contributed by atoms with Crippen LogP contribution in [0.5, 0.6) is 0 Å². The molecule has 1 saturated heterocycles. The van der Waals surface area contributed by atoms with Gasteiger partial charge >= 0.3 is 6.09 Å². The van der Waals surface area contributed by atoms with Crippen molar-refractivity contribution in [3.63, 3.8) is 0 Å². The molecule has 1 fully saturated rings. The number of carbonyl (C=O) groups is 2. The molecule has 1 aliphatic rings. The molecule has 1 aliphatic heterocycles. The zero-order valence-corrected chi connectivity index (χ0v) is 22.6. The van der Waals surface area contributed by atoms with E-state index in [1.165, 1.54) is 12.1 Å². The fourth-order valence-electron chi connectivity index (χ4n) is 4.50. The van der Waals surface area contributed by atoms with Crippen molar-refractivity contribution < 1.29 is 18.7 Å². The molecular weight excluding hydrogens is 483 g/mol. The van der Waals surface area contributed by atoms with Gasteiger partial charge in [-0.2, -0.15) is 0 Å². The summed E-state index contributed by atoms with van der Waals surface area (Å²) in [7, 11) is 1.71. The number of amides is 2. The largest absolute Gasteiger partial charge is 0.444 e. The Balaban J connectivity index is 1.36. The van der Waals surface area contributed by atoms with Crippen LogP contribution in [0.25, 0.3) is 11.3 Å². The third-order valence-corrected chi connectivity index (χ3v) is 6.46. The van der Waals surface area contributed by atoms with Crippen molar-refractivity contribution in [1.82, 2.24) is 14.8 Å². The first kappa shape index (κ1) is 27.3. The number of nitrogens with zero attached hydrogens (tertiary/aromatic N) is 4. The van der Waals surface area contributed by atoms with Crippen LogP contribution < -0.4 is 4.90 Å². The number of halogens is 1. The summed E-state index contributed by atoms with van der Waals surface area (Å²) in [4.78, 5) is 35.8. The van der Waals surface area contributed by atoms with Crippen LogP contribution in [-0.2, 0) is 11.3 Å². The molecule has 0 saturated carbocycles. The number of carbonyl (C=O) groups excluding carboxylic acids is 2. The highest BCUT2D eigenvalue weighted by atomic mass is 19.1. The number of rotatable bonds is 5. The first-order chi connectivity index (χ1) is 18.0. The van der Waals surface area contributed by atoms with Gasteiger partial charge in [0.25, 0.3) is 5.91 Å². The van der Waals surface area contributed by atoms with Crippen LogP contribution in [0.1, 0.15) is 43.7 Å². The molecule has 3 aromatic rings. The predicted octanol–water partition coefficient (Wildman–Crippen LogP) is 5.61. The van der Waals surface area contributed by atoms with Gasteiger partial charge in [0.2, 0.25) is 0 Å². The van der Waals surface area contributed by atoms with Crippen LogP contribution in [0, 0.1) is 5.82 Å². The second-order valence-corrected chi connectivity index (χ2v) is 10.7. The highest BCUT2D eigenvalue weighted by Crippen LogP contribution is 2.22. The van der Waals surface area contributed by atoms with E-state index in [0.29, 0.717) is 17.8 Å². The van der Waals surface area contributed by atoms with E-state index in [1.807, 2.05) is 52.0 Å². The Kier molecular flexibility index (Phi) is 8.11. The number of hydrogen-bond acceptors (Lipinski definition) is 5. The maximum Gasteiger partial charge on any atom is 0.410 e. The SMILES string of the molecule is C[C@H]1CN(Cc2ccc(N(C)C(=O)c3cccc(-c4cccc(F)c4)n3)cc2)CCN1C(=O)OC(C)(C)C. The topological polar surface area (TPSA) is 66.0 Å². The molecule has 0 aliphatic carbocycles. The molecule has 0 spiro atoms. The van der Waals surface area contributed by atoms with Gasteiger partial charge in [0.05, 0.1) is 5.69 Å². The molecule has 2 amide bonds. The standard InChI is InChI=1S/C30H35FN4O3/c1-21-19-34(16-17-35(21)29(37)38-30(2,3)4)20-22-12-14-25(15-13-22)33(5)28(36)27-11-7-10-26(32-27)23-8-6-9-24(31)18-23/h6-15,18,21H,16-17,19-20H2,1-5H3/t21-/m0/s1. The van der Waals surface area contributed by atoms with E-state index in [9.17, 15) is 14.0 Å². The molecule has 0 bridgehead atoms. The smallest absolute Gasteiger partial charge is 0.410 e. The van der Waals surface area contributed by atoms with Crippen LogP contribution in [0.2, 0.25) is 0 Å². The van der Waals surface area contributed by atoms with Crippen LogP contribution in [0.4, 0.5) is 14.9 Å². The summed E-state index contributed by atoms with van der Waals surface area (Å²) in [5.41, 5.74) is 2.81. The zero-order chi connectivity index (χ0) is 27.4. The van der Waals surface area contributed by atoms with Crippen molar-refractivity contribution in [1.29, 1.82) is 0 Å². The van der Waals surface area contributed by atoms with Crippen LogP contribution >= 0.6 is 0 Å². The Morgan fingerprint density at radius 3 is 2.42 bits per heavy atom. The van der Waals surface area contributed by atoms with E-state index in [0.717, 1.165) is 30.9 Å². The first-order valence-corrected chi connectivity index (χ1v) is 12.8. The van der Waals surface area contributed by atoms with Crippen molar-refractivity contribution >= 4 is 17.7 Å². The molecular formula is C30H35FN4O3. The Hall–Kier alpha value is -3.78. The van der Waals surface area contributed by atoms with E-state index in [-0.39, 0.29) is 29.6 Å². The van der Waals surface area contributed by atoms with Crippen molar-refractivity contribution in [2.24, 2.45) is 0 Å². The molecule has 2 heterocycles. The average molecular weight is 519 g/mol. The number of ether oxygens (including phenoxy) is 1. The normalized spacial score (nSPS) is 16.3. The lowest BCUT2D eigenvalue weighted by Crippen LogP contribution is -2.54. The minimum Gasteiger partial charge on any atom is -0.444 e. The Morgan fingerprint density at radius 2 is 1.76 bits per heavy atom. The lowest BCUT2D eigenvalue weighted by molar-refractivity contribution is 0.000551. The van der Waals surface area contributed by atoms with Gasteiger partial charge in [-0.3, -0.25) is 9.69 Å². The summed E-state index contributed by atoms with van der Waals surface area (Å²) in [6.07, 6.45) is -0.266. The molecule has 4 rings (SSSR count). The number of piperazine rings is 1. The van der Waals surface area contributed by atoms with E-state index in [4.69, 9.17) is 4.74 Å². The Labute approximate surface area is 223 Å². The highest BCUT2D eigenvalue weighted by molar-refractivity contribution is 6.04. The van der Waals surface area contributed by atoms with Crippen molar-refractivity contribution in [2.45, 2.75) is 45.9 Å². The number of hydrogen-bond donors (Lipinski definition) is 0. The predicted molar refractivity (Wildman–Crippen MR) is 146 cm³/mol. The minimum absolute atomic E-state index is 0.0530. The highest BCUT2D eigenvalue weighted by Gasteiger charge is 2.30. The Bertz CT molecular complexity index is 1290. The van der Waals surface area contributed by atoms with E-state index >= 15 is 0 Å². The van der Waals surface area contributed by atoms with Gasteiger partial charge in [0.15, 0.2) is 0 Å². The summed E-state index contributed by atoms with van der Waals surface area (Å²) in [6, 6.07) is 19.3. The van der Waals surface area contributed by atoms with Crippen LogP contribution in [0.3, 0.4) is 0 Å². The minimum atomic E-state index is -0.510. The van der Waals surface area contributed by atoms with Gasteiger partial charge in [-0.25, -0.2) is 14.2 Å².